The molecule has 0 radical (unpaired) electrons. The molecule has 0 bridgehead atoms. The first kappa shape index (κ1) is 10.5. The Labute approximate surface area is 79.1 Å². The summed E-state index contributed by atoms with van der Waals surface area (Å²) in [4.78, 5) is 15.1. The standard InChI is InChI=1S/C9H18N2O2/c1-3-10-4-6-11(7-5-10)8(2)9(12)13/h8H,3-7H2,1-2H3,(H,12,13)/t8-/m1/s1. The summed E-state index contributed by atoms with van der Waals surface area (Å²) in [6, 6.07) is -0.334. The Hall–Kier alpha value is -0.610. The van der Waals surface area contributed by atoms with Crippen LogP contribution in [0.25, 0.3) is 0 Å². The van der Waals surface area contributed by atoms with Crippen molar-refractivity contribution in [2.45, 2.75) is 19.9 Å². The molecule has 1 N–H and O–H groups in total. The lowest BCUT2D eigenvalue weighted by molar-refractivity contribution is -0.143. The third-order valence-electron chi connectivity index (χ3n) is 2.76. The van der Waals surface area contributed by atoms with Gasteiger partial charge in [0, 0.05) is 26.2 Å². The highest BCUT2D eigenvalue weighted by molar-refractivity contribution is 5.72. The fourth-order valence-electron chi connectivity index (χ4n) is 1.62. The smallest absolute Gasteiger partial charge is 0.320 e. The van der Waals surface area contributed by atoms with Crippen LogP contribution in [0.2, 0.25) is 0 Å². The van der Waals surface area contributed by atoms with Crippen molar-refractivity contribution in [1.29, 1.82) is 0 Å². The number of carbonyl (C=O) groups is 1. The van der Waals surface area contributed by atoms with Gasteiger partial charge in [0.15, 0.2) is 0 Å². The second kappa shape index (κ2) is 4.58. The molecule has 0 unspecified atom stereocenters. The highest BCUT2D eigenvalue weighted by Crippen LogP contribution is 2.05. The number of carboxylic acid groups (broad SMARTS) is 1. The number of hydrogen-bond acceptors (Lipinski definition) is 3. The van der Waals surface area contributed by atoms with Gasteiger partial charge < -0.3 is 10.0 Å². The highest BCUT2D eigenvalue weighted by Gasteiger charge is 2.24. The number of aliphatic carboxylic acids is 1. The van der Waals surface area contributed by atoms with Crippen molar-refractivity contribution in [2.24, 2.45) is 0 Å². The molecule has 4 nitrogen and oxygen atoms in total. The van der Waals surface area contributed by atoms with E-state index in [4.69, 9.17) is 5.11 Å². The molecule has 76 valence electrons. The average Bonchev–Trinajstić information content (AvgIpc) is 2.17. The predicted octanol–water partition coefficient (Wildman–Crippen LogP) is 0.0970. The zero-order chi connectivity index (χ0) is 9.84. The van der Waals surface area contributed by atoms with Gasteiger partial charge in [-0.1, -0.05) is 6.92 Å². The van der Waals surface area contributed by atoms with Gasteiger partial charge in [0.2, 0.25) is 0 Å². The molecule has 1 saturated heterocycles. The van der Waals surface area contributed by atoms with Crippen LogP contribution in [0, 0.1) is 0 Å². The van der Waals surface area contributed by atoms with E-state index in [1.54, 1.807) is 6.92 Å². The van der Waals surface area contributed by atoms with Crippen LogP contribution < -0.4 is 0 Å². The van der Waals surface area contributed by atoms with Crippen LogP contribution in [0.1, 0.15) is 13.8 Å². The quantitative estimate of drug-likeness (QED) is 0.679. The van der Waals surface area contributed by atoms with Crippen molar-refractivity contribution in [2.75, 3.05) is 32.7 Å². The maximum atomic E-state index is 10.7. The monoisotopic (exact) mass is 186 g/mol. The molecule has 0 amide bonds. The van der Waals surface area contributed by atoms with Crippen molar-refractivity contribution in [3.8, 4) is 0 Å². The first-order valence-corrected chi connectivity index (χ1v) is 4.84. The summed E-state index contributed by atoms with van der Waals surface area (Å²) in [5, 5.41) is 8.80. The molecule has 4 heteroatoms. The summed E-state index contributed by atoms with van der Waals surface area (Å²) in [7, 11) is 0. The van der Waals surface area contributed by atoms with E-state index in [0.717, 1.165) is 32.7 Å². The Morgan fingerprint density at radius 2 is 1.92 bits per heavy atom. The van der Waals surface area contributed by atoms with Crippen molar-refractivity contribution in [3.05, 3.63) is 0 Å². The predicted molar refractivity (Wildman–Crippen MR) is 50.8 cm³/mol. The van der Waals surface area contributed by atoms with Gasteiger partial charge in [0.25, 0.3) is 0 Å². The Morgan fingerprint density at radius 1 is 1.38 bits per heavy atom. The molecule has 1 fully saturated rings. The second-order valence-corrected chi connectivity index (χ2v) is 3.48. The molecule has 13 heavy (non-hydrogen) atoms. The highest BCUT2D eigenvalue weighted by atomic mass is 16.4. The minimum Gasteiger partial charge on any atom is -0.480 e. The third-order valence-corrected chi connectivity index (χ3v) is 2.76. The molecular formula is C9H18N2O2. The van der Waals surface area contributed by atoms with Crippen LogP contribution in [-0.2, 0) is 4.79 Å². The Kier molecular flexibility index (Phi) is 3.69. The molecule has 0 spiro atoms. The number of hydrogen-bond donors (Lipinski definition) is 1. The number of piperazine rings is 1. The van der Waals surface area contributed by atoms with Crippen molar-refractivity contribution < 1.29 is 9.90 Å². The average molecular weight is 186 g/mol. The van der Waals surface area contributed by atoms with E-state index in [-0.39, 0.29) is 6.04 Å². The summed E-state index contributed by atoms with van der Waals surface area (Å²) < 4.78 is 0. The van der Waals surface area contributed by atoms with Gasteiger partial charge in [-0.3, -0.25) is 9.69 Å². The van der Waals surface area contributed by atoms with Crippen molar-refractivity contribution in [3.63, 3.8) is 0 Å². The molecule has 1 atom stereocenters. The van der Waals surface area contributed by atoms with Crippen LogP contribution in [0.3, 0.4) is 0 Å². The first-order valence-electron chi connectivity index (χ1n) is 4.84. The maximum Gasteiger partial charge on any atom is 0.320 e. The normalized spacial score (nSPS) is 22.9. The fourth-order valence-corrected chi connectivity index (χ4v) is 1.62. The topological polar surface area (TPSA) is 43.8 Å². The molecular weight excluding hydrogens is 168 g/mol. The molecule has 0 aromatic heterocycles. The van der Waals surface area contributed by atoms with Crippen LogP contribution in [-0.4, -0.2) is 59.6 Å². The second-order valence-electron chi connectivity index (χ2n) is 3.48. The molecule has 0 saturated carbocycles. The van der Waals surface area contributed by atoms with Gasteiger partial charge in [0.05, 0.1) is 0 Å². The number of rotatable bonds is 3. The van der Waals surface area contributed by atoms with Crippen LogP contribution in [0.15, 0.2) is 0 Å². The van der Waals surface area contributed by atoms with E-state index in [2.05, 4.69) is 11.8 Å². The van der Waals surface area contributed by atoms with E-state index in [1.807, 2.05) is 4.90 Å². The van der Waals surface area contributed by atoms with Gasteiger partial charge >= 0.3 is 5.97 Å². The van der Waals surface area contributed by atoms with Crippen LogP contribution >= 0.6 is 0 Å². The van der Waals surface area contributed by atoms with E-state index in [0.29, 0.717) is 0 Å². The van der Waals surface area contributed by atoms with E-state index >= 15 is 0 Å². The zero-order valence-corrected chi connectivity index (χ0v) is 8.36. The molecule has 1 aliphatic rings. The maximum absolute atomic E-state index is 10.7. The largest absolute Gasteiger partial charge is 0.480 e. The molecule has 1 heterocycles. The summed E-state index contributed by atoms with van der Waals surface area (Å²) in [6.07, 6.45) is 0. The van der Waals surface area contributed by atoms with Gasteiger partial charge in [0.1, 0.15) is 6.04 Å². The number of carboxylic acids is 1. The minimum atomic E-state index is -0.718. The molecule has 0 aliphatic carbocycles. The summed E-state index contributed by atoms with van der Waals surface area (Å²) in [6.45, 7) is 8.69. The van der Waals surface area contributed by atoms with Crippen LogP contribution in [0.4, 0.5) is 0 Å². The fraction of sp³-hybridized carbons (Fsp3) is 0.889. The van der Waals surface area contributed by atoms with Gasteiger partial charge in [-0.05, 0) is 13.5 Å². The lowest BCUT2D eigenvalue weighted by Crippen LogP contribution is -2.51. The van der Waals surface area contributed by atoms with Crippen molar-refractivity contribution in [1.82, 2.24) is 9.80 Å². The molecule has 0 aromatic carbocycles. The van der Waals surface area contributed by atoms with Crippen LogP contribution in [0.5, 0.6) is 0 Å². The Bertz CT molecular complexity index is 176. The molecule has 0 aromatic rings. The zero-order valence-electron chi connectivity index (χ0n) is 8.36. The Balaban J connectivity index is 2.36. The SMILES string of the molecule is CCN1CCN([C@H](C)C(=O)O)CC1. The Morgan fingerprint density at radius 3 is 2.31 bits per heavy atom. The number of nitrogens with zero attached hydrogens (tertiary/aromatic N) is 2. The van der Waals surface area contributed by atoms with E-state index in [9.17, 15) is 4.79 Å². The van der Waals surface area contributed by atoms with E-state index < -0.39 is 5.97 Å². The van der Waals surface area contributed by atoms with Gasteiger partial charge in [-0.2, -0.15) is 0 Å². The third kappa shape index (κ3) is 2.67. The minimum absolute atomic E-state index is 0.334. The summed E-state index contributed by atoms with van der Waals surface area (Å²) >= 11 is 0. The molecule has 1 aliphatic heterocycles. The summed E-state index contributed by atoms with van der Waals surface area (Å²) in [5.41, 5.74) is 0. The van der Waals surface area contributed by atoms with E-state index in [1.165, 1.54) is 0 Å². The summed E-state index contributed by atoms with van der Waals surface area (Å²) in [5.74, 6) is -0.718. The lowest BCUT2D eigenvalue weighted by Gasteiger charge is -2.35. The van der Waals surface area contributed by atoms with Gasteiger partial charge in [-0.15, -0.1) is 0 Å². The number of likely N-dealkylation sites (N-methyl/N-ethyl adjacent to an activating group) is 1. The lowest BCUT2D eigenvalue weighted by atomic mass is 10.2. The van der Waals surface area contributed by atoms with Gasteiger partial charge in [-0.25, -0.2) is 0 Å². The first-order chi connectivity index (χ1) is 6.15. The molecule has 1 rings (SSSR count). The van der Waals surface area contributed by atoms with Crippen molar-refractivity contribution >= 4 is 5.97 Å².